The fourth-order valence-electron chi connectivity index (χ4n) is 3.79. The van der Waals surface area contributed by atoms with Crippen molar-refractivity contribution in [1.29, 1.82) is 0 Å². The zero-order valence-corrected chi connectivity index (χ0v) is 15.9. The van der Waals surface area contributed by atoms with Gasteiger partial charge in [-0.15, -0.1) is 0 Å². The van der Waals surface area contributed by atoms with Crippen LogP contribution in [0.1, 0.15) is 5.56 Å². The van der Waals surface area contributed by atoms with E-state index in [-0.39, 0.29) is 0 Å². The number of allylic oxidation sites excluding steroid dienone is 3. The van der Waals surface area contributed by atoms with Crippen LogP contribution in [0, 0.1) is 0 Å². The van der Waals surface area contributed by atoms with Crippen molar-refractivity contribution in [1.82, 2.24) is 0 Å². The second-order valence-electron chi connectivity index (χ2n) is 6.91. The molecular weight excluding hydrogens is 336 g/mol. The largest absolute Gasteiger partial charge is 0.0990 e. The van der Waals surface area contributed by atoms with Gasteiger partial charge in [0.15, 0.2) is 0 Å². The van der Waals surface area contributed by atoms with Crippen LogP contribution in [-0.4, -0.2) is 0 Å². The van der Waals surface area contributed by atoms with Crippen LogP contribution in [0.5, 0.6) is 0 Å². The van der Waals surface area contributed by atoms with Crippen molar-refractivity contribution in [3.63, 3.8) is 0 Å². The Kier molecular flexibility index (Phi) is 4.55. The van der Waals surface area contributed by atoms with Gasteiger partial charge in [-0.3, -0.25) is 0 Å². The summed E-state index contributed by atoms with van der Waals surface area (Å²) in [6.45, 7) is 16.2. The lowest BCUT2D eigenvalue weighted by Gasteiger charge is -2.10. The third-order valence-corrected chi connectivity index (χ3v) is 5.27. The third-order valence-electron chi connectivity index (χ3n) is 5.27. The van der Waals surface area contributed by atoms with E-state index in [1.54, 1.807) is 6.08 Å². The summed E-state index contributed by atoms with van der Waals surface area (Å²) in [4.78, 5) is 0. The Labute approximate surface area is 165 Å². The van der Waals surface area contributed by atoms with Gasteiger partial charge in [0.1, 0.15) is 0 Å². The Bertz CT molecular complexity index is 1370. The molecule has 0 aliphatic rings. The summed E-state index contributed by atoms with van der Waals surface area (Å²) in [6.07, 6.45) is 5.67. The van der Waals surface area contributed by atoms with Gasteiger partial charge in [-0.25, -0.2) is 0 Å². The summed E-state index contributed by atoms with van der Waals surface area (Å²) >= 11 is 0. The SMILES string of the molecule is C=C/C=c1\c(=C)c2ccccc2c2ccc(-c3cccc(C(=C)C=C)c3)cc12. The average Bonchev–Trinajstić information content (AvgIpc) is 2.75. The number of fused-ring (bicyclic) bond motifs is 3. The van der Waals surface area contributed by atoms with Gasteiger partial charge < -0.3 is 0 Å². The first-order chi connectivity index (χ1) is 13.6. The Morgan fingerprint density at radius 1 is 0.714 bits per heavy atom. The van der Waals surface area contributed by atoms with Gasteiger partial charge in [-0.05, 0) is 66.4 Å². The Hall–Kier alpha value is -3.64. The predicted octanol–water partition coefficient (Wildman–Crippen LogP) is 6.24. The van der Waals surface area contributed by atoms with Crippen LogP contribution in [0.2, 0.25) is 0 Å². The summed E-state index contributed by atoms with van der Waals surface area (Å²) in [7, 11) is 0. The highest BCUT2D eigenvalue weighted by molar-refractivity contribution is 6.09. The van der Waals surface area contributed by atoms with E-state index in [0.717, 1.165) is 27.1 Å². The number of benzene rings is 4. The molecule has 134 valence electrons. The zero-order valence-electron chi connectivity index (χ0n) is 15.9. The van der Waals surface area contributed by atoms with Crippen molar-refractivity contribution < 1.29 is 0 Å². The highest BCUT2D eigenvalue weighted by Crippen LogP contribution is 2.28. The molecular formula is C28H22. The Morgan fingerprint density at radius 2 is 1.43 bits per heavy atom. The van der Waals surface area contributed by atoms with Gasteiger partial charge in [-0.2, -0.15) is 0 Å². The Morgan fingerprint density at radius 3 is 2.18 bits per heavy atom. The molecule has 0 aromatic heterocycles. The van der Waals surface area contributed by atoms with Gasteiger partial charge in [-0.1, -0.05) is 99.1 Å². The molecule has 0 N–H and O–H groups in total. The van der Waals surface area contributed by atoms with Gasteiger partial charge in [0, 0.05) is 0 Å². The van der Waals surface area contributed by atoms with Crippen LogP contribution in [0.4, 0.5) is 0 Å². The van der Waals surface area contributed by atoms with Gasteiger partial charge in [0.2, 0.25) is 0 Å². The maximum atomic E-state index is 4.37. The summed E-state index contributed by atoms with van der Waals surface area (Å²) in [5.74, 6) is 0. The van der Waals surface area contributed by atoms with E-state index in [1.165, 1.54) is 27.1 Å². The van der Waals surface area contributed by atoms with E-state index in [4.69, 9.17) is 0 Å². The minimum absolute atomic E-state index is 0.925. The number of hydrogen-bond donors (Lipinski definition) is 0. The molecule has 4 aromatic carbocycles. The van der Waals surface area contributed by atoms with Gasteiger partial charge >= 0.3 is 0 Å². The molecule has 4 rings (SSSR count). The van der Waals surface area contributed by atoms with E-state index in [0.29, 0.717) is 0 Å². The molecule has 0 unspecified atom stereocenters. The lowest BCUT2D eigenvalue weighted by Crippen LogP contribution is -2.24. The molecule has 4 aromatic rings. The molecule has 0 fully saturated rings. The molecule has 0 amide bonds. The summed E-state index contributed by atoms with van der Waals surface area (Å²) in [6, 6.07) is 23.5. The van der Waals surface area contributed by atoms with Crippen molar-refractivity contribution in [2.45, 2.75) is 0 Å². The van der Waals surface area contributed by atoms with E-state index >= 15 is 0 Å². The second-order valence-corrected chi connectivity index (χ2v) is 6.91. The molecule has 0 heterocycles. The highest BCUT2D eigenvalue weighted by Gasteiger charge is 2.07. The third kappa shape index (κ3) is 2.90. The monoisotopic (exact) mass is 358 g/mol. The lowest BCUT2D eigenvalue weighted by atomic mass is 9.93. The quantitative estimate of drug-likeness (QED) is 0.299. The van der Waals surface area contributed by atoms with Crippen LogP contribution >= 0.6 is 0 Å². The number of hydrogen-bond acceptors (Lipinski definition) is 0. The zero-order chi connectivity index (χ0) is 19.7. The first-order valence-corrected chi connectivity index (χ1v) is 9.32. The molecule has 0 aliphatic heterocycles. The van der Waals surface area contributed by atoms with E-state index in [2.05, 4.69) is 99.1 Å². The topological polar surface area (TPSA) is 0 Å². The minimum Gasteiger partial charge on any atom is -0.0990 e. The molecule has 0 saturated heterocycles. The van der Waals surface area contributed by atoms with Gasteiger partial charge in [0.05, 0.1) is 0 Å². The van der Waals surface area contributed by atoms with E-state index < -0.39 is 0 Å². The highest BCUT2D eigenvalue weighted by atomic mass is 14.1. The van der Waals surface area contributed by atoms with E-state index in [9.17, 15) is 0 Å². The van der Waals surface area contributed by atoms with Crippen LogP contribution in [0.25, 0.3) is 50.9 Å². The standard InChI is InChI=1S/C28H22/c1-5-10-24-20(4)25-13-7-8-14-26(25)27-16-15-23(18-28(24)27)22-12-9-11-21(17-22)19(3)6-2/h5-18H,1-4H2/b24-10+. The minimum atomic E-state index is 0.925. The second kappa shape index (κ2) is 7.17. The van der Waals surface area contributed by atoms with Crippen LogP contribution in [0.3, 0.4) is 0 Å². The fraction of sp³-hybridized carbons (Fsp3) is 0. The summed E-state index contributed by atoms with van der Waals surface area (Å²) in [5, 5.41) is 6.98. The first kappa shape index (κ1) is 17.8. The molecule has 0 aliphatic carbocycles. The first-order valence-electron chi connectivity index (χ1n) is 9.32. The van der Waals surface area contributed by atoms with Gasteiger partial charge in [0.25, 0.3) is 0 Å². The smallest absolute Gasteiger partial charge is 0.00930 e. The van der Waals surface area contributed by atoms with Crippen molar-refractivity contribution in [2.24, 2.45) is 0 Å². The molecule has 0 radical (unpaired) electrons. The molecule has 0 bridgehead atoms. The molecule has 0 spiro atoms. The normalized spacial score (nSPS) is 11.6. The van der Waals surface area contributed by atoms with Crippen LogP contribution in [-0.2, 0) is 0 Å². The number of rotatable bonds is 4. The molecule has 28 heavy (non-hydrogen) atoms. The molecule has 0 heteroatoms. The van der Waals surface area contributed by atoms with Crippen molar-refractivity contribution in [3.05, 3.63) is 115 Å². The van der Waals surface area contributed by atoms with Crippen molar-refractivity contribution in [2.75, 3.05) is 0 Å². The van der Waals surface area contributed by atoms with E-state index in [1.807, 2.05) is 6.08 Å². The maximum Gasteiger partial charge on any atom is -0.00930 e. The summed E-state index contributed by atoms with van der Waals surface area (Å²) in [5.41, 5.74) is 4.33. The van der Waals surface area contributed by atoms with Crippen LogP contribution in [0.15, 0.2) is 98.6 Å². The molecule has 0 atom stereocenters. The van der Waals surface area contributed by atoms with Crippen molar-refractivity contribution >= 4 is 39.8 Å². The lowest BCUT2D eigenvalue weighted by molar-refractivity contribution is 1.59. The van der Waals surface area contributed by atoms with Crippen LogP contribution < -0.4 is 10.4 Å². The van der Waals surface area contributed by atoms with Crippen molar-refractivity contribution in [3.8, 4) is 11.1 Å². The molecule has 0 nitrogen and oxygen atoms in total. The molecule has 0 saturated carbocycles. The fourth-order valence-corrected chi connectivity index (χ4v) is 3.79. The maximum absolute atomic E-state index is 4.37. The summed E-state index contributed by atoms with van der Waals surface area (Å²) < 4.78 is 0. The predicted molar refractivity (Wildman–Crippen MR) is 126 cm³/mol. The average molecular weight is 358 g/mol. The Balaban J connectivity index is 2.06.